The molecule has 100 valence electrons. The van der Waals surface area contributed by atoms with Crippen LogP contribution in [0.3, 0.4) is 0 Å². The molecule has 0 fully saturated rings. The first-order valence-electron chi connectivity index (χ1n) is 6.65. The zero-order valence-electron chi connectivity index (χ0n) is 10.9. The highest BCUT2D eigenvalue weighted by Gasteiger charge is 2.23. The van der Waals surface area contributed by atoms with Gasteiger partial charge in [-0.3, -0.25) is 0 Å². The molecule has 1 N–H and O–H groups in total. The predicted octanol–water partition coefficient (Wildman–Crippen LogP) is 3.41. The van der Waals surface area contributed by atoms with E-state index in [-0.39, 0.29) is 5.82 Å². The lowest BCUT2D eigenvalue weighted by atomic mass is 10.1. The lowest BCUT2D eigenvalue weighted by molar-refractivity contribution is 0.532. The quantitative estimate of drug-likeness (QED) is 0.925. The van der Waals surface area contributed by atoms with Gasteiger partial charge in [0.25, 0.3) is 0 Å². The third-order valence-electron chi connectivity index (χ3n) is 3.65. The van der Waals surface area contributed by atoms with Crippen molar-refractivity contribution in [1.29, 1.82) is 0 Å². The fourth-order valence-corrected chi connectivity index (χ4v) is 3.37. The van der Waals surface area contributed by atoms with Crippen LogP contribution in [-0.4, -0.2) is 11.5 Å². The van der Waals surface area contributed by atoms with Crippen LogP contribution in [0, 0.1) is 12.7 Å². The Hall–Kier alpha value is -1.26. The molecule has 3 rings (SSSR count). The number of benzene rings is 1. The Balaban J connectivity index is 1.59. The van der Waals surface area contributed by atoms with Crippen LogP contribution in [0.15, 0.2) is 23.6 Å². The number of hydrogen-bond donors (Lipinski definition) is 1. The topological polar surface area (TPSA) is 24.9 Å². The summed E-state index contributed by atoms with van der Waals surface area (Å²) in [5.41, 5.74) is 3.17. The molecule has 1 aromatic carbocycles. The summed E-state index contributed by atoms with van der Waals surface area (Å²) in [6, 6.07) is 5.69. The minimum Gasteiger partial charge on any atom is -0.310 e. The Morgan fingerprint density at radius 2 is 2.37 bits per heavy atom. The summed E-state index contributed by atoms with van der Waals surface area (Å²) < 4.78 is 13.6. The maximum absolute atomic E-state index is 13.6. The van der Waals surface area contributed by atoms with E-state index >= 15 is 0 Å². The maximum atomic E-state index is 13.6. The molecule has 0 saturated carbocycles. The van der Waals surface area contributed by atoms with Crippen LogP contribution < -0.4 is 5.32 Å². The number of aromatic nitrogens is 1. The van der Waals surface area contributed by atoms with Crippen molar-refractivity contribution in [1.82, 2.24) is 10.3 Å². The van der Waals surface area contributed by atoms with Gasteiger partial charge in [0.1, 0.15) is 5.82 Å². The van der Waals surface area contributed by atoms with E-state index in [1.807, 2.05) is 13.0 Å². The van der Waals surface area contributed by atoms with Gasteiger partial charge >= 0.3 is 0 Å². The zero-order chi connectivity index (χ0) is 13.2. The molecular formula is C15H17FN2S. The first-order valence-corrected chi connectivity index (χ1v) is 7.53. The molecule has 4 heteroatoms. The largest absolute Gasteiger partial charge is 0.310 e. The second-order valence-electron chi connectivity index (χ2n) is 4.96. The van der Waals surface area contributed by atoms with Crippen molar-refractivity contribution in [2.45, 2.75) is 32.2 Å². The Morgan fingerprint density at radius 3 is 3.16 bits per heavy atom. The van der Waals surface area contributed by atoms with Gasteiger partial charge in [-0.1, -0.05) is 12.1 Å². The Labute approximate surface area is 116 Å². The van der Waals surface area contributed by atoms with E-state index < -0.39 is 0 Å². The molecule has 2 aromatic rings. The highest BCUT2D eigenvalue weighted by Crippen LogP contribution is 2.32. The number of halogens is 1. The fourth-order valence-electron chi connectivity index (χ4n) is 2.72. The molecule has 19 heavy (non-hydrogen) atoms. The first kappa shape index (κ1) is 12.8. The highest BCUT2D eigenvalue weighted by molar-refractivity contribution is 7.09. The smallest absolute Gasteiger partial charge is 0.126 e. The minimum atomic E-state index is -0.0584. The summed E-state index contributed by atoms with van der Waals surface area (Å²) in [5, 5.41) is 6.75. The van der Waals surface area contributed by atoms with Gasteiger partial charge in [0.15, 0.2) is 0 Å². The van der Waals surface area contributed by atoms with Crippen molar-refractivity contribution in [2.75, 3.05) is 6.54 Å². The number of rotatable bonds is 4. The highest BCUT2D eigenvalue weighted by atomic mass is 32.1. The average Bonchev–Trinajstić information content (AvgIpc) is 2.98. The number of hydrogen-bond acceptors (Lipinski definition) is 3. The van der Waals surface area contributed by atoms with Gasteiger partial charge in [0.2, 0.25) is 0 Å². The van der Waals surface area contributed by atoms with Crippen molar-refractivity contribution in [2.24, 2.45) is 0 Å². The van der Waals surface area contributed by atoms with Crippen LogP contribution in [0.4, 0.5) is 4.39 Å². The van der Waals surface area contributed by atoms with E-state index in [0.717, 1.165) is 47.6 Å². The molecule has 0 amide bonds. The van der Waals surface area contributed by atoms with Gasteiger partial charge < -0.3 is 5.32 Å². The van der Waals surface area contributed by atoms with Crippen molar-refractivity contribution >= 4 is 11.3 Å². The molecule has 0 bridgehead atoms. The van der Waals surface area contributed by atoms with Crippen molar-refractivity contribution in [3.05, 3.63) is 51.2 Å². The molecule has 1 aliphatic rings. The number of nitrogens with one attached hydrogen (secondary N) is 1. The molecule has 0 aliphatic heterocycles. The lowest BCUT2D eigenvalue weighted by Crippen LogP contribution is -2.22. The standard InChI is InChI=1S/C15H17FN2S/c1-10-18-11(9-19-10)7-8-17-15-6-5-12-13(15)3-2-4-14(12)16/h2-4,9,15,17H,5-8H2,1H3. The van der Waals surface area contributed by atoms with Crippen LogP contribution in [0.25, 0.3) is 0 Å². The Bertz CT molecular complexity index is 579. The maximum Gasteiger partial charge on any atom is 0.126 e. The molecule has 2 nitrogen and oxygen atoms in total. The average molecular weight is 276 g/mol. The van der Waals surface area contributed by atoms with Gasteiger partial charge in [-0.25, -0.2) is 9.37 Å². The molecule has 0 radical (unpaired) electrons. The Kier molecular flexibility index (Phi) is 3.62. The van der Waals surface area contributed by atoms with Crippen molar-refractivity contribution in [3.63, 3.8) is 0 Å². The van der Waals surface area contributed by atoms with E-state index in [2.05, 4.69) is 15.7 Å². The molecule has 1 aliphatic carbocycles. The first-order chi connectivity index (χ1) is 9.24. The van der Waals surface area contributed by atoms with Crippen LogP contribution in [0.1, 0.15) is 34.3 Å². The lowest BCUT2D eigenvalue weighted by Gasteiger charge is -2.13. The van der Waals surface area contributed by atoms with E-state index in [1.165, 1.54) is 0 Å². The number of aryl methyl sites for hydroxylation is 1. The van der Waals surface area contributed by atoms with Gasteiger partial charge in [-0.2, -0.15) is 0 Å². The summed E-state index contributed by atoms with van der Waals surface area (Å²) in [5.74, 6) is -0.0584. The van der Waals surface area contributed by atoms with Crippen LogP contribution in [0.2, 0.25) is 0 Å². The Morgan fingerprint density at radius 1 is 1.47 bits per heavy atom. The van der Waals surface area contributed by atoms with E-state index in [4.69, 9.17) is 0 Å². The van der Waals surface area contributed by atoms with E-state index in [0.29, 0.717) is 6.04 Å². The molecule has 1 aromatic heterocycles. The summed E-state index contributed by atoms with van der Waals surface area (Å²) in [6.45, 7) is 2.92. The van der Waals surface area contributed by atoms with Crippen LogP contribution >= 0.6 is 11.3 Å². The van der Waals surface area contributed by atoms with Crippen molar-refractivity contribution in [3.8, 4) is 0 Å². The summed E-state index contributed by atoms with van der Waals surface area (Å²) in [6.07, 6.45) is 2.77. The second-order valence-corrected chi connectivity index (χ2v) is 6.02. The predicted molar refractivity (Wildman–Crippen MR) is 76.0 cm³/mol. The van der Waals surface area contributed by atoms with Crippen LogP contribution in [-0.2, 0) is 12.8 Å². The third kappa shape index (κ3) is 2.69. The molecule has 1 heterocycles. The molecular weight excluding hydrogens is 259 g/mol. The van der Waals surface area contributed by atoms with E-state index in [1.54, 1.807) is 23.5 Å². The number of thiazole rings is 1. The summed E-state index contributed by atoms with van der Waals surface area (Å²) in [4.78, 5) is 4.45. The SMILES string of the molecule is Cc1nc(CCNC2CCc3c(F)cccc32)cs1. The number of fused-ring (bicyclic) bond motifs is 1. The normalized spacial score (nSPS) is 17.7. The van der Waals surface area contributed by atoms with Crippen LogP contribution in [0.5, 0.6) is 0 Å². The van der Waals surface area contributed by atoms with Gasteiger partial charge in [0.05, 0.1) is 10.7 Å². The van der Waals surface area contributed by atoms with E-state index in [9.17, 15) is 4.39 Å². The monoisotopic (exact) mass is 276 g/mol. The summed E-state index contributed by atoms with van der Waals surface area (Å²) >= 11 is 1.69. The fraction of sp³-hybridized carbons (Fsp3) is 0.400. The summed E-state index contributed by atoms with van der Waals surface area (Å²) in [7, 11) is 0. The molecule has 0 saturated heterocycles. The van der Waals surface area contributed by atoms with Crippen molar-refractivity contribution < 1.29 is 4.39 Å². The molecule has 1 unspecified atom stereocenters. The molecule has 0 spiro atoms. The third-order valence-corrected chi connectivity index (χ3v) is 4.47. The minimum absolute atomic E-state index is 0.0584. The van der Waals surface area contributed by atoms with Gasteiger partial charge in [-0.15, -0.1) is 11.3 Å². The second kappa shape index (κ2) is 5.39. The number of nitrogens with zero attached hydrogens (tertiary/aromatic N) is 1. The van der Waals surface area contributed by atoms with Gasteiger partial charge in [0, 0.05) is 24.4 Å². The molecule has 1 atom stereocenters. The zero-order valence-corrected chi connectivity index (χ0v) is 11.8. The van der Waals surface area contributed by atoms with Gasteiger partial charge in [-0.05, 0) is 37.0 Å².